The van der Waals surface area contributed by atoms with Gasteiger partial charge in [-0.15, -0.1) is 0 Å². The first-order chi connectivity index (χ1) is 10.5. The van der Waals surface area contributed by atoms with E-state index in [0.29, 0.717) is 0 Å². The molecule has 0 spiro atoms. The van der Waals surface area contributed by atoms with Crippen molar-refractivity contribution in [2.75, 3.05) is 24.5 Å². The number of alkyl halides is 1. The molecule has 5 heteroatoms. The van der Waals surface area contributed by atoms with E-state index in [-0.39, 0.29) is 15.2 Å². The molecular formula is C17H17F2IN2. The van der Waals surface area contributed by atoms with Crippen molar-refractivity contribution in [1.82, 2.24) is 5.32 Å². The van der Waals surface area contributed by atoms with Crippen LogP contribution in [0.15, 0.2) is 42.5 Å². The Kier molecular flexibility index (Phi) is 4.36. The average Bonchev–Trinajstić information content (AvgIpc) is 2.47. The van der Waals surface area contributed by atoms with Gasteiger partial charge in [0, 0.05) is 25.3 Å². The second kappa shape index (κ2) is 6.12. The molecule has 0 saturated carbocycles. The molecule has 2 aromatic rings. The molecule has 1 fully saturated rings. The molecular weight excluding hydrogens is 397 g/mol. The molecule has 0 bridgehead atoms. The van der Waals surface area contributed by atoms with Gasteiger partial charge in [0.25, 0.3) is 0 Å². The number of hydrogen-bond donors (Lipinski definition) is 1. The summed E-state index contributed by atoms with van der Waals surface area (Å²) in [4.78, 5) is 2.21. The van der Waals surface area contributed by atoms with Gasteiger partial charge in [-0.2, -0.15) is 0 Å². The molecule has 0 amide bonds. The summed E-state index contributed by atoms with van der Waals surface area (Å²) in [7, 11) is 0. The molecule has 1 unspecified atom stereocenters. The van der Waals surface area contributed by atoms with E-state index in [1.807, 2.05) is 6.07 Å². The van der Waals surface area contributed by atoms with Gasteiger partial charge in [-0.05, 0) is 48.4 Å². The fourth-order valence-corrected chi connectivity index (χ4v) is 3.56. The Bertz CT molecular complexity index is 671. The third kappa shape index (κ3) is 3.25. The predicted octanol–water partition coefficient (Wildman–Crippen LogP) is 4.19. The predicted molar refractivity (Wildman–Crippen MR) is 94.4 cm³/mol. The number of anilines is 1. The first-order valence-corrected chi connectivity index (χ1v) is 8.27. The summed E-state index contributed by atoms with van der Waals surface area (Å²) in [6.45, 7) is 4.67. The summed E-state index contributed by atoms with van der Waals surface area (Å²) in [5.74, 6) is -0.565. The molecule has 1 atom stereocenters. The number of rotatable bonds is 2. The topological polar surface area (TPSA) is 15.3 Å². The lowest BCUT2D eigenvalue weighted by Gasteiger charge is -2.43. The maximum absolute atomic E-state index is 14.1. The number of piperazine rings is 1. The maximum Gasteiger partial charge on any atom is 0.125 e. The summed E-state index contributed by atoms with van der Waals surface area (Å²) in [5, 5.41) is 3.36. The summed E-state index contributed by atoms with van der Waals surface area (Å²) in [5.41, 5.74) is 2.44. The quantitative estimate of drug-likeness (QED) is 0.451. The van der Waals surface area contributed by atoms with E-state index in [1.165, 1.54) is 18.2 Å². The molecule has 1 saturated heterocycles. The van der Waals surface area contributed by atoms with Crippen molar-refractivity contribution < 1.29 is 8.78 Å². The van der Waals surface area contributed by atoms with Crippen molar-refractivity contribution in [3.63, 3.8) is 0 Å². The monoisotopic (exact) mass is 414 g/mol. The van der Waals surface area contributed by atoms with E-state index in [4.69, 9.17) is 0 Å². The summed E-state index contributed by atoms with van der Waals surface area (Å²) >= 11 is 2.39. The Morgan fingerprint density at radius 3 is 2.45 bits per heavy atom. The Morgan fingerprint density at radius 1 is 1.05 bits per heavy atom. The Morgan fingerprint density at radius 2 is 1.77 bits per heavy atom. The van der Waals surface area contributed by atoms with Crippen LogP contribution in [0.1, 0.15) is 6.92 Å². The van der Waals surface area contributed by atoms with E-state index in [1.54, 1.807) is 18.2 Å². The lowest BCUT2D eigenvalue weighted by atomic mass is 10.0. The average molecular weight is 414 g/mol. The number of nitrogens with one attached hydrogen (secondary N) is 1. The van der Waals surface area contributed by atoms with Crippen molar-refractivity contribution in [3.05, 3.63) is 54.1 Å². The maximum atomic E-state index is 14.1. The highest BCUT2D eigenvalue weighted by molar-refractivity contribution is 14.1. The highest BCUT2D eigenvalue weighted by Gasteiger charge is 2.32. The summed E-state index contributed by atoms with van der Waals surface area (Å²) in [6.07, 6.45) is 0. The molecule has 1 aliphatic rings. The zero-order valence-electron chi connectivity index (χ0n) is 12.2. The molecule has 0 aliphatic carbocycles. The van der Waals surface area contributed by atoms with Gasteiger partial charge in [-0.1, -0.05) is 34.7 Å². The van der Waals surface area contributed by atoms with Crippen LogP contribution < -0.4 is 10.2 Å². The zero-order chi connectivity index (χ0) is 15.7. The second-order valence-corrected chi connectivity index (χ2v) is 8.00. The van der Waals surface area contributed by atoms with Crippen molar-refractivity contribution in [2.45, 2.75) is 10.5 Å². The number of hydrogen-bond acceptors (Lipinski definition) is 2. The standard InChI is InChI=1S/C17H17F2IN2/c1-17(20)11-21-6-7-22(17)16-9-13(8-15(19)10-16)12-2-4-14(18)5-3-12/h2-5,8-10,21H,6-7,11H2,1H3. The van der Waals surface area contributed by atoms with Crippen LogP contribution in [-0.2, 0) is 0 Å². The van der Waals surface area contributed by atoms with Crippen LogP contribution in [0.25, 0.3) is 11.1 Å². The zero-order valence-corrected chi connectivity index (χ0v) is 14.4. The number of benzene rings is 2. The van der Waals surface area contributed by atoms with Crippen LogP contribution in [0, 0.1) is 11.6 Å². The van der Waals surface area contributed by atoms with Gasteiger partial charge in [0.05, 0.1) is 0 Å². The Labute approximate surface area is 142 Å². The molecule has 0 radical (unpaired) electrons. The normalized spacial score (nSPS) is 21.9. The molecule has 1 aliphatic heterocycles. The molecule has 116 valence electrons. The van der Waals surface area contributed by atoms with E-state index in [2.05, 4.69) is 39.7 Å². The van der Waals surface area contributed by atoms with Crippen molar-refractivity contribution in [2.24, 2.45) is 0 Å². The largest absolute Gasteiger partial charge is 0.355 e. The van der Waals surface area contributed by atoms with Crippen LogP contribution in [0.4, 0.5) is 14.5 Å². The molecule has 1 heterocycles. The first-order valence-electron chi connectivity index (χ1n) is 7.19. The third-order valence-corrected chi connectivity index (χ3v) is 4.86. The van der Waals surface area contributed by atoms with Gasteiger partial charge in [0.2, 0.25) is 0 Å². The Balaban J connectivity index is 2.01. The third-order valence-electron chi connectivity index (χ3n) is 3.89. The van der Waals surface area contributed by atoms with Crippen LogP contribution in [0.3, 0.4) is 0 Å². The van der Waals surface area contributed by atoms with E-state index in [0.717, 1.165) is 36.4 Å². The summed E-state index contributed by atoms with van der Waals surface area (Å²) in [6, 6.07) is 11.2. The smallest absolute Gasteiger partial charge is 0.125 e. The first kappa shape index (κ1) is 15.7. The highest BCUT2D eigenvalue weighted by atomic mass is 127. The lowest BCUT2D eigenvalue weighted by Crippen LogP contribution is -2.56. The van der Waals surface area contributed by atoms with Gasteiger partial charge in [-0.25, -0.2) is 8.78 Å². The fraction of sp³-hybridized carbons (Fsp3) is 0.294. The number of nitrogens with zero attached hydrogens (tertiary/aromatic N) is 1. The minimum absolute atomic E-state index is 0.107. The van der Waals surface area contributed by atoms with Gasteiger partial charge in [-0.3, -0.25) is 0 Å². The van der Waals surface area contributed by atoms with Crippen LogP contribution in [0.5, 0.6) is 0 Å². The Hall–Kier alpha value is -1.21. The molecule has 1 N–H and O–H groups in total. The molecule has 3 rings (SSSR count). The van der Waals surface area contributed by atoms with Crippen LogP contribution in [-0.4, -0.2) is 23.2 Å². The van der Waals surface area contributed by atoms with Gasteiger partial charge >= 0.3 is 0 Å². The van der Waals surface area contributed by atoms with Gasteiger partial charge < -0.3 is 10.2 Å². The molecule has 2 nitrogen and oxygen atoms in total. The highest BCUT2D eigenvalue weighted by Crippen LogP contribution is 2.34. The minimum atomic E-state index is -0.290. The molecule has 22 heavy (non-hydrogen) atoms. The van der Waals surface area contributed by atoms with Crippen LogP contribution in [0.2, 0.25) is 0 Å². The van der Waals surface area contributed by atoms with Crippen molar-refractivity contribution in [1.29, 1.82) is 0 Å². The summed E-state index contributed by atoms with van der Waals surface area (Å²) < 4.78 is 27.0. The van der Waals surface area contributed by atoms with Crippen molar-refractivity contribution in [3.8, 4) is 11.1 Å². The lowest BCUT2D eigenvalue weighted by molar-refractivity contribution is 0.484. The fourth-order valence-electron chi connectivity index (χ4n) is 2.77. The second-order valence-electron chi connectivity index (χ2n) is 5.68. The van der Waals surface area contributed by atoms with E-state index in [9.17, 15) is 8.78 Å². The molecule has 2 aromatic carbocycles. The number of halogens is 3. The SMILES string of the molecule is CC1(I)CNCCN1c1cc(F)cc(-c2ccc(F)cc2)c1. The van der Waals surface area contributed by atoms with Crippen molar-refractivity contribution >= 4 is 28.3 Å². The van der Waals surface area contributed by atoms with Gasteiger partial charge in [0.15, 0.2) is 0 Å². The molecule has 0 aromatic heterocycles. The minimum Gasteiger partial charge on any atom is -0.355 e. The van der Waals surface area contributed by atoms with Gasteiger partial charge in [0.1, 0.15) is 15.2 Å². The van der Waals surface area contributed by atoms with Crippen LogP contribution >= 0.6 is 22.6 Å². The van der Waals surface area contributed by atoms with E-state index >= 15 is 0 Å². The van der Waals surface area contributed by atoms with E-state index < -0.39 is 0 Å².